The summed E-state index contributed by atoms with van der Waals surface area (Å²) in [5.41, 5.74) is 0.734. The van der Waals surface area contributed by atoms with Crippen LogP contribution in [0.3, 0.4) is 0 Å². The van der Waals surface area contributed by atoms with E-state index in [1.54, 1.807) is 12.3 Å². The van der Waals surface area contributed by atoms with Crippen molar-refractivity contribution >= 4 is 5.91 Å². The molecule has 2 atom stereocenters. The summed E-state index contributed by atoms with van der Waals surface area (Å²) in [6.07, 6.45) is 6.38. The lowest BCUT2D eigenvalue weighted by Crippen LogP contribution is -2.48. The van der Waals surface area contributed by atoms with Crippen molar-refractivity contribution in [1.82, 2.24) is 9.80 Å². The summed E-state index contributed by atoms with van der Waals surface area (Å²) in [6, 6.07) is 2.75. The highest BCUT2D eigenvalue weighted by molar-refractivity contribution is 5.95. The van der Waals surface area contributed by atoms with E-state index >= 15 is 0 Å². The number of furan rings is 1. The number of nitrogens with zero attached hydrogens (tertiary/aromatic N) is 2. The summed E-state index contributed by atoms with van der Waals surface area (Å²) >= 11 is 0. The van der Waals surface area contributed by atoms with Gasteiger partial charge in [0, 0.05) is 18.6 Å². The van der Waals surface area contributed by atoms with Gasteiger partial charge in [-0.1, -0.05) is 6.92 Å². The monoisotopic (exact) mass is 276 g/mol. The third-order valence-corrected chi connectivity index (χ3v) is 4.91. The Hall–Kier alpha value is -1.29. The predicted molar refractivity (Wildman–Crippen MR) is 77.8 cm³/mol. The molecule has 0 unspecified atom stereocenters. The average molecular weight is 276 g/mol. The standard InChI is InChI=1S/C16H24N2O2/c1-3-17-9-4-6-14(17)15-7-5-10-18(15)16(19)13-8-11-20-12(13)2/h8,11,14-15H,3-7,9-10H2,1-2H3/t14-,15+/m1/s1. The first kappa shape index (κ1) is 13.7. The van der Waals surface area contributed by atoms with E-state index in [2.05, 4.69) is 16.7 Å². The number of carbonyl (C=O) groups excluding carboxylic acids is 1. The predicted octanol–water partition coefficient (Wildman–Crippen LogP) is 2.68. The molecule has 2 aliphatic heterocycles. The summed E-state index contributed by atoms with van der Waals surface area (Å²) in [4.78, 5) is 17.4. The van der Waals surface area contributed by atoms with Gasteiger partial charge >= 0.3 is 0 Å². The third-order valence-electron chi connectivity index (χ3n) is 4.91. The quantitative estimate of drug-likeness (QED) is 0.851. The number of hydrogen-bond donors (Lipinski definition) is 0. The Morgan fingerprint density at radius 3 is 2.75 bits per heavy atom. The SMILES string of the molecule is CCN1CCC[C@@H]1[C@@H]1CCCN1C(=O)c1ccoc1C. The van der Waals surface area contributed by atoms with Crippen LogP contribution in [-0.4, -0.2) is 47.4 Å². The molecule has 1 aromatic heterocycles. The first-order chi connectivity index (χ1) is 9.72. The molecule has 20 heavy (non-hydrogen) atoms. The maximum Gasteiger partial charge on any atom is 0.257 e. The van der Waals surface area contributed by atoms with Gasteiger partial charge in [0.25, 0.3) is 5.91 Å². The Balaban J connectivity index is 1.79. The smallest absolute Gasteiger partial charge is 0.257 e. The molecule has 2 saturated heterocycles. The lowest BCUT2D eigenvalue weighted by Gasteiger charge is -2.34. The van der Waals surface area contributed by atoms with Crippen molar-refractivity contribution < 1.29 is 9.21 Å². The minimum Gasteiger partial charge on any atom is -0.469 e. The van der Waals surface area contributed by atoms with Crippen LogP contribution in [-0.2, 0) is 0 Å². The van der Waals surface area contributed by atoms with Crippen LogP contribution in [0.2, 0.25) is 0 Å². The Morgan fingerprint density at radius 2 is 2.05 bits per heavy atom. The Labute approximate surface area is 120 Å². The molecule has 2 fully saturated rings. The zero-order chi connectivity index (χ0) is 14.1. The summed E-state index contributed by atoms with van der Waals surface area (Å²) in [5.74, 6) is 0.890. The van der Waals surface area contributed by atoms with Crippen molar-refractivity contribution in [2.45, 2.75) is 51.6 Å². The molecule has 0 spiro atoms. The van der Waals surface area contributed by atoms with Crippen LogP contribution < -0.4 is 0 Å². The van der Waals surface area contributed by atoms with Crippen molar-refractivity contribution in [3.05, 3.63) is 23.7 Å². The molecule has 0 radical (unpaired) electrons. The highest BCUT2D eigenvalue weighted by Crippen LogP contribution is 2.31. The lowest BCUT2D eigenvalue weighted by molar-refractivity contribution is 0.0648. The van der Waals surface area contributed by atoms with Crippen LogP contribution in [0.25, 0.3) is 0 Å². The molecule has 0 bridgehead atoms. The molecule has 1 aromatic rings. The molecular formula is C16H24N2O2. The fourth-order valence-electron chi connectivity index (χ4n) is 3.89. The van der Waals surface area contributed by atoms with Crippen LogP contribution in [0.1, 0.15) is 48.7 Å². The van der Waals surface area contributed by atoms with E-state index in [4.69, 9.17) is 4.42 Å². The molecule has 2 aliphatic rings. The fraction of sp³-hybridized carbons (Fsp3) is 0.688. The normalized spacial score (nSPS) is 27.4. The summed E-state index contributed by atoms with van der Waals surface area (Å²) in [6.45, 7) is 7.26. The third kappa shape index (κ3) is 2.26. The minimum absolute atomic E-state index is 0.154. The second kappa shape index (κ2) is 5.60. The fourth-order valence-corrected chi connectivity index (χ4v) is 3.89. The van der Waals surface area contributed by atoms with Crippen LogP contribution in [0.15, 0.2) is 16.7 Å². The van der Waals surface area contributed by atoms with Gasteiger partial charge in [0.15, 0.2) is 0 Å². The summed E-state index contributed by atoms with van der Waals surface area (Å²) < 4.78 is 5.29. The van der Waals surface area contributed by atoms with Gasteiger partial charge in [-0.25, -0.2) is 0 Å². The maximum atomic E-state index is 12.7. The van der Waals surface area contributed by atoms with Crippen molar-refractivity contribution in [3.8, 4) is 0 Å². The maximum absolute atomic E-state index is 12.7. The molecule has 0 N–H and O–H groups in total. The largest absolute Gasteiger partial charge is 0.469 e. The van der Waals surface area contributed by atoms with E-state index in [0.717, 1.165) is 37.3 Å². The number of aryl methyl sites for hydroxylation is 1. The van der Waals surface area contributed by atoms with Crippen molar-refractivity contribution in [1.29, 1.82) is 0 Å². The van der Waals surface area contributed by atoms with E-state index in [0.29, 0.717) is 12.1 Å². The summed E-state index contributed by atoms with van der Waals surface area (Å²) in [7, 11) is 0. The molecule has 3 rings (SSSR count). The number of hydrogen-bond acceptors (Lipinski definition) is 3. The van der Waals surface area contributed by atoms with E-state index in [9.17, 15) is 4.79 Å². The van der Waals surface area contributed by atoms with Gasteiger partial charge in [-0.15, -0.1) is 0 Å². The van der Waals surface area contributed by atoms with Crippen molar-refractivity contribution in [3.63, 3.8) is 0 Å². The van der Waals surface area contributed by atoms with Gasteiger partial charge in [-0.3, -0.25) is 9.69 Å². The van der Waals surface area contributed by atoms with Gasteiger partial charge in [0.2, 0.25) is 0 Å². The van der Waals surface area contributed by atoms with E-state index in [-0.39, 0.29) is 5.91 Å². The second-order valence-electron chi connectivity index (χ2n) is 5.94. The zero-order valence-corrected chi connectivity index (χ0v) is 12.5. The number of carbonyl (C=O) groups is 1. The second-order valence-corrected chi connectivity index (χ2v) is 5.94. The lowest BCUT2D eigenvalue weighted by atomic mass is 10.0. The molecular weight excluding hydrogens is 252 g/mol. The Bertz CT molecular complexity index is 483. The van der Waals surface area contributed by atoms with Crippen molar-refractivity contribution in [2.24, 2.45) is 0 Å². The van der Waals surface area contributed by atoms with Crippen LogP contribution in [0.4, 0.5) is 0 Å². The first-order valence-corrected chi connectivity index (χ1v) is 7.81. The first-order valence-electron chi connectivity index (χ1n) is 7.81. The van der Waals surface area contributed by atoms with Gasteiger partial charge in [0.05, 0.1) is 11.8 Å². The molecule has 1 amide bonds. The highest BCUT2D eigenvalue weighted by atomic mass is 16.3. The van der Waals surface area contributed by atoms with E-state index in [1.165, 1.54) is 19.4 Å². The van der Waals surface area contributed by atoms with Gasteiger partial charge in [0.1, 0.15) is 5.76 Å². The van der Waals surface area contributed by atoms with Crippen LogP contribution in [0, 0.1) is 6.92 Å². The molecule has 0 saturated carbocycles. The van der Waals surface area contributed by atoms with Crippen LogP contribution >= 0.6 is 0 Å². The Morgan fingerprint density at radius 1 is 1.30 bits per heavy atom. The molecule has 0 aromatic carbocycles. The molecule has 110 valence electrons. The molecule has 4 heteroatoms. The van der Waals surface area contributed by atoms with E-state index in [1.807, 2.05) is 6.92 Å². The number of rotatable bonds is 3. The van der Waals surface area contributed by atoms with Gasteiger partial charge in [-0.2, -0.15) is 0 Å². The van der Waals surface area contributed by atoms with Crippen LogP contribution in [0.5, 0.6) is 0 Å². The zero-order valence-electron chi connectivity index (χ0n) is 12.5. The van der Waals surface area contributed by atoms with Gasteiger partial charge < -0.3 is 9.32 Å². The summed E-state index contributed by atoms with van der Waals surface area (Å²) in [5, 5.41) is 0. The van der Waals surface area contributed by atoms with E-state index < -0.39 is 0 Å². The minimum atomic E-state index is 0.154. The highest BCUT2D eigenvalue weighted by Gasteiger charge is 2.39. The number of likely N-dealkylation sites (N-methyl/N-ethyl adjacent to an activating group) is 1. The van der Waals surface area contributed by atoms with Crippen molar-refractivity contribution in [2.75, 3.05) is 19.6 Å². The number of amides is 1. The molecule has 0 aliphatic carbocycles. The molecule has 4 nitrogen and oxygen atoms in total. The Kier molecular flexibility index (Phi) is 3.83. The topological polar surface area (TPSA) is 36.7 Å². The molecule has 3 heterocycles. The van der Waals surface area contributed by atoms with Gasteiger partial charge in [-0.05, 0) is 51.8 Å². The average Bonchev–Trinajstić information content (AvgIpc) is 3.17. The number of likely N-dealkylation sites (tertiary alicyclic amines) is 2.